The Morgan fingerprint density at radius 2 is 1.71 bits per heavy atom. The lowest BCUT2D eigenvalue weighted by atomic mass is 10.2. The highest BCUT2D eigenvalue weighted by Gasteiger charge is 2.03. The molecule has 0 aliphatic rings. The van der Waals surface area contributed by atoms with Gasteiger partial charge in [0.2, 0.25) is 0 Å². The molecule has 21 heavy (non-hydrogen) atoms. The van der Waals surface area contributed by atoms with Gasteiger partial charge in [0.05, 0.1) is 14.2 Å². The van der Waals surface area contributed by atoms with E-state index in [1.165, 1.54) is 0 Å². The molecule has 2 aromatic rings. The number of nitrogens with one attached hydrogen (secondary N) is 1. The fraction of sp³-hybridized carbons (Fsp3) is 0.294. The number of benzene rings is 2. The van der Waals surface area contributed by atoms with Gasteiger partial charge in [0.1, 0.15) is 12.4 Å². The Morgan fingerprint density at radius 3 is 2.38 bits per heavy atom. The van der Waals surface area contributed by atoms with E-state index in [9.17, 15) is 0 Å². The molecule has 0 saturated heterocycles. The zero-order valence-corrected chi connectivity index (χ0v) is 12.7. The van der Waals surface area contributed by atoms with Crippen LogP contribution in [-0.2, 0) is 0 Å². The van der Waals surface area contributed by atoms with Gasteiger partial charge in [-0.2, -0.15) is 0 Å². The van der Waals surface area contributed by atoms with Gasteiger partial charge in [0, 0.05) is 12.2 Å². The molecule has 2 rings (SSSR count). The third-order valence-corrected chi connectivity index (χ3v) is 3.18. The third-order valence-electron chi connectivity index (χ3n) is 3.18. The van der Waals surface area contributed by atoms with E-state index in [0.717, 1.165) is 28.5 Å². The number of rotatable bonds is 7. The molecule has 0 fully saturated rings. The minimum absolute atomic E-state index is 0.561. The lowest BCUT2D eigenvalue weighted by Gasteiger charge is -2.13. The van der Waals surface area contributed by atoms with Crippen molar-refractivity contribution in [3.8, 4) is 17.2 Å². The number of methoxy groups -OCH3 is 2. The van der Waals surface area contributed by atoms with Crippen LogP contribution in [-0.4, -0.2) is 27.4 Å². The summed E-state index contributed by atoms with van der Waals surface area (Å²) < 4.78 is 16.2. The number of para-hydroxylation sites is 2. The van der Waals surface area contributed by atoms with Crippen molar-refractivity contribution in [1.82, 2.24) is 0 Å². The Balaban J connectivity index is 1.85. The summed E-state index contributed by atoms with van der Waals surface area (Å²) in [6.45, 7) is 3.32. The van der Waals surface area contributed by atoms with E-state index in [4.69, 9.17) is 14.2 Å². The van der Waals surface area contributed by atoms with Crippen molar-refractivity contribution in [3.05, 3.63) is 48.0 Å². The highest BCUT2D eigenvalue weighted by atomic mass is 16.5. The second kappa shape index (κ2) is 7.43. The normalized spacial score (nSPS) is 10.0. The van der Waals surface area contributed by atoms with Gasteiger partial charge in [-0.3, -0.25) is 0 Å². The van der Waals surface area contributed by atoms with Crippen molar-refractivity contribution in [2.45, 2.75) is 6.92 Å². The minimum Gasteiger partial charge on any atom is -0.497 e. The van der Waals surface area contributed by atoms with Crippen molar-refractivity contribution in [1.29, 1.82) is 0 Å². The fourth-order valence-electron chi connectivity index (χ4n) is 2.05. The molecule has 2 aromatic carbocycles. The minimum atomic E-state index is 0.561. The standard InChI is InChI=1S/C17H21NO3/c1-13-12-14(19-2)8-9-15(13)18-10-11-21-17-7-5-4-6-16(17)20-3/h4-9,12,18H,10-11H2,1-3H3. The molecule has 112 valence electrons. The molecule has 0 bridgehead atoms. The highest BCUT2D eigenvalue weighted by molar-refractivity contribution is 5.53. The summed E-state index contributed by atoms with van der Waals surface area (Å²) in [5, 5.41) is 3.35. The van der Waals surface area contributed by atoms with Gasteiger partial charge in [-0.1, -0.05) is 12.1 Å². The molecule has 0 spiro atoms. The quantitative estimate of drug-likeness (QED) is 0.791. The van der Waals surface area contributed by atoms with E-state index in [2.05, 4.69) is 5.32 Å². The molecule has 0 aliphatic carbocycles. The number of ether oxygens (including phenoxy) is 3. The van der Waals surface area contributed by atoms with Gasteiger partial charge in [-0.15, -0.1) is 0 Å². The molecule has 0 unspecified atom stereocenters. The van der Waals surface area contributed by atoms with Crippen LogP contribution < -0.4 is 19.5 Å². The first-order valence-electron chi connectivity index (χ1n) is 6.89. The summed E-state index contributed by atoms with van der Waals surface area (Å²) in [6, 6.07) is 13.6. The first kappa shape index (κ1) is 15.0. The van der Waals surface area contributed by atoms with E-state index in [0.29, 0.717) is 13.2 Å². The first-order chi connectivity index (χ1) is 10.2. The maximum Gasteiger partial charge on any atom is 0.161 e. The van der Waals surface area contributed by atoms with E-state index in [-0.39, 0.29) is 0 Å². The molecule has 0 amide bonds. The predicted molar refractivity (Wildman–Crippen MR) is 84.7 cm³/mol. The lowest BCUT2D eigenvalue weighted by Crippen LogP contribution is -2.12. The monoisotopic (exact) mass is 287 g/mol. The van der Waals surface area contributed by atoms with Crippen molar-refractivity contribution < 1.29 is 14.2 Å². The summed E-state index contributed by atoms with van der Waals surface area (Å²) in [7, 11) is 3.31. The highest BCUT2D eigenvalue weighted by Crippen LogP contribution is 2.25. The third kappa shape index (κ3) is 4.05. The summed E-state index contributed by atoms with van der Waals surface area (Å²) in [5.41, 5.74) is 2.23. The molecule has 0 radical (unpaired) electrons. The SMILES string of the molecule is COc1ccc(NCCOc2ccccc2OC)c(C)c1. The van der Waals surface area contributed by atoms with E-state index < -0.39 is 0 Å². The Labute approximate surface area is 125 Å². The van der Waals surface area contributed by atoms with Crippen LogP contribution >= 0.6 is 0 Å². The van der Waals surface area contributed by atoms with Crippen LogP contribution in [0.4, 0.5) is 5.69 Å². The van der Waals surface area contributed by atoms with E-state index in [1.807, 2.05) is 49.4 Å². The van der Waals surface area contributed by atoms with Crippen molar-refractivity contribution in [2.24, 2.45) is 0 Å². The van der Waals surface area contributed by atoms with Crippen molar-refractivity contribution in [3.63, 3.8) is 0 Å². The zero-order chi connectivity index (χ0) is 15.1. The number of hydrogen-bond donors (Lipinski definition) is 1. The number of hydrogen-bond acceptors (Lipinski definition) is 4. The summed E-state index contributed by atoms with van der Waals surface area (Å²) in [4.78, 5) is 0. The van der Waals surface area contributed by atoms with Crippen LogP contribution in [0.15, 0.2) is 42.5 Å². The Kier molecular flexibility index (Phi) is 5.32. The summed E-state index contributed by atoms with van der Waals surface area (Å²) >= 11 is 0. The topological polar surface area (TPSA) is 39.7 Å². The van der Waals surface area contributed by atoms with Crippen molar-refractivity contribution in [2.75, 3.05) is 32.7 Å². The molecular weight excluding hydrogens is 266 g/mol. The predicted octanol–water partition coefficient (Wildman–Crippen LogP) is 3.50. The van der Waals surface area contributed by atoms with Crippen LogP contribution in [0.1, 0.15) is 5.56 Å². The zero-order valence-electron chi connectivity index (χ0n) is 12.7. The number of aryl methyl sites for hydroxylation is 1. The molecule has 0 heterocycles. The first-order valence-corrected chi connectivity index (χ1v) is 6.89. The molecule has 0 aromatic heterocycles. The van der Waals surface area contributed by atoms with Gasteiger partial charge in [0.15, 0.2) is 11.5 Å². The molecule has 1 N–H and O–H groups in total. The van der Waals surface area contributed by atoms with Gasteiger partial charge < -0.3 is 19.5 Å². The second-order valence-corrected chi connectivity index (χ2v) is 4.61. The molecule has 4 nitrogen and oxygen atoms in total. The van der Waals surface area contributed by atoms with Crippen LogP contribution in [0.2, 0.25) is 0 Å². The summed E-state index contributed by atoms with van der Waals surface area (Å²) in [5.74, 6) is 2.37. The van der Waals surface area contributed by atoms with Crippen LogP contribution in [0, 0.1) is 6.92 Å². The molecule has 0 saturated carbocycles. The molecule has 0 atom stereocenters. The van der Waals surface area contributed by atoms with Gasteiger partial charge in [0.25, 0.3) is 0 Å². The largest absolute Gasteiger partial charge is 0.497 e. The van der Waals surface area contributed by atoms with Crippen molar-refractivity contribution >= 4 is 5.69 Å². The van der Waals surface area contributed by atoms with E-state index in [1.54, 1.807) is 14.2 Å². The average Bonchev–Trinajstić information content (AvgIpc) is 2.53. The molecule has 4 heteroatoms. The molecular formula is C17H21NO3. The smallest absolute Gasteiger partial charge is 0.161 e. The summed E-state index contributed by atoms with van der Waals surface area (Å²) in [6.07, 6.45) is 0. The fourth-order valence-corrected chi connectivity index (χ4v) is 2.05. The van der Waals surface area contributed by atoms with Gasteiger partial charge in [-0.25, -0.2) is 0 Å². The second-order valence-electron chi connectivity index (χ2n) is 4.61. The lowest BCUT2D eigenvalue weighted by molar-refractivity contribution is 0.306. The van der Waals surface area contributed by atoms with Crippen LogP contribution in [0.25, 0.3) is 0 Å². The maximum atomic E-state index is 5.72. The van der Waals surface area contributed by atoms with Crippen LogP contribution in [0.5, 0.6) is 17.2 Å². The van der Waals surface area contributed by atoms with E-state index >= 15 is 0 Å². The maximum absolute atomic E-state index is 5.72. The number of anilines is 1. The Morgan fingerprint density at radius 1 is 0.952 bits per heavy atom. The van der Waals surface area contributed by atoms with Gasteiger partial charge >= 0.3 is 0 Å². The van der Waals surface area contributed by atoms with Crippen LogP contribution in [0.3, 0.4) is 0 Å². The molecule has 0 aliphatic heterocycles. The average molecular weight is 287 g/mol. The Hall–Kier alpha value is -2.36. The van der Waals surface area contributed by atoms with Gasteiger partial charge in [-0.05, 0) is 42.8 Å². The Bertz CT molecular complexity index is 584.